The highest BCUT2D eigenvalue weighted by Gasteiger charge is 2.20. The molecule has 0 atom stereocenters. The maximum atomic E-state index is 11.0. The van der Waals surface area contributed by atoms with Gasteiger partial charge in [-0.2, -0.15) is 5.10 Å². The van der Waals surface area contributed by atoms with Crippen LogP contribution in [0.4, 0.5) is 0 Å². The third-order valence-electron chi connectivity index (χ3n) is 3.63. The van der Waals surface area contributed by atoms with Gasteiger partial charge in [-0.15, -0.1) is 0 Å². The van der Waals surface area contributed by atoms with Gasteiger partial charge in [-0.05, 0) is 29.7 Å². The van der Waals surface area contributed by atoms with Crippen molar-refractivity contribution >= 4 is 5.97 Å². The van der Waals surface area contributed by atoms with E-state index in [9.17, 15) is 4.79 Å². The molecule has 0 radical (unpaired) electrons. The minimum absolute atomic E-state index is 0.0665. The van der Waals surface area contributed by atoms with E-state index in [0.717, 1.165) is 23.3 Å². The first-order valence-electron chi connectivity index (χ1n) is 7.29. The first-order valence-corrected chi connectivity index (χ1v) is 7.29. The third-order valence-corrected chi connectivity index (χ3v) is 3.63. The Labute approximate surface area is 128 Å². The smallest absolute Gasteiger partial charge is 0.353 e. The Morgan fingerprint density at radius 2 is 1.91 bits per heavy atom. The molecule has 2 aromatic rings. The van der Waals surface area contributed by atoms with Gasteiger partial charge in [-0.1, -0.05) is 13.8 Å². The van der Waals surface area contributed by atoms with Crippen molar-refractivity contribution in [3.63, 3.8) is 0 Å². The van der Waals surface area contributed by atoms with Gasteiger partial charge in [-0.25, -0.2) is 4.79 Å². The molecule has 0 saturated carbocycles. The Bertz CT molecular complexity index is 706. The van der Waals surface area contributed by atoms with Crippen LogP contribution in [0.1, 0.15) is 42.2 Å². The van der Waals surface area contributed by atoms with E-state index in [4.69, 9.17) is 14.6 Å². The standard InChI is InChI=1S/C16H18N2O4/c1-9(2)10-6-14-15(22-5-3-4-21-14)7-11(10)12-8-13(16(19)20)18-17-12/h6-9H,3-5H2,1-2H3,(H,17,18)(H,19,20). The van der Waals surface area contributed by atoms with Crippen molar-refractivity contribution in [2.45, 2.75) is 26.2 Å². The quantitative estimate of drug-likeness (QED) is 0.910. The first-order chi connectivity index (χ1) is 10.6. The number of nitrogens with one attached hydrogen (secondary N) is 1. The Morgan fingerprint density at radius 3 is 2.50 bits per heavy atom. The molecule has 0 unspecified atom stereocenters. The van der Waals surface area contributed by atoms with Gasteiger partial charge in [0.2, 0.25) is 0 Å². The lowest BCUT2D eigenvalue weighted by Gasteiger charge is -2.16. The van der Waals surface area contributed by atoms with Crippen LogP contribution in [0, 0.1) is 0 Å². The number of hydrogen-bond donors (Lipinski definition) is 2. The maximum Gasteiger partial charge on any atom is 0.353 e. The molecule has 0 saturated heterocycles. The number of nitrogens with zero attached hydrogens (tertiary/aromatic N) is 1. The van der Waals surface area contributed by atoms with Crippen LogP contribution in [0.15, 0.2) is 18.2 Å². The molecule has 1 aromatic heterocycles. The molecule has 3 rings (SSSR count). The lowest BCUT2D eigenvalue weighted by molar-refractivity contribution is 0.0690. The number of rotatable bonds is 3. The molecule has 0 amide bonds. The second-order valence-electron chi connectivity index (χ2n) is 5.56. The lowest BCUT2D eigenvalue weighted by atomic mass is 9.94. The molecule has 6 nitrogen and oxygen atoms in total. The van der Waals surface area contributed by atoms with Crippen molar-refractivity contribution in [1.82, 2.24) is 10.2 Å². The molecule has 1 aromatic carbocycles. The Hall–Kier alpha value is -2.50. The number of benzene rings is 1. The normalized spacial score (nSPS) is 14.0. The second kappa shape index (κ2) is 5.71. The summed E-state index contributed by atoms with van der Waals surface area (Å²) >= 11 is 0. The van der Waals surface area contributed by atoms with E-state index in [1.54, 1.807) is 0 Å². The number of aromatic nitrogens is 2. The number of carbonyl (C=O) groups is 1. The molecule has 116 valence electrons. The molecule has 6 heteroatoms. The first kappa shape index (κ1) is 14.4. The van der Waals surface area contributed by atoms with Crippen LogP contribution in [-0.4, -0.2) is 34.5 Å². The van der Waals surface area contributed by atoms with Crippen molar-refractivity contribution in [3.05, 3.63) is 29.5 Å². The summed E-state index contributed by atoms with van der Waals surface area (Å²) in [5, 5.41) is 15.7. The number of ether oxygens (including phenoxy) is 2. The van der Waals surface area contributed by atoms with E-state index >= 15 is 0 Å². The van der Waals surface area contributed by atoms with Crippen molar-refractivity contribution in [3.8, 4) is 22.8 Å². The lowest BCUT2D eigenvalue weighted by Crippen LogP contribution is -1.98. The molecule has 0 fully saturated rings. The fraction of sp³-hybridized carbons (Fsp3) is 0.375. The minimum Gasteiger partial charge on any atom is -0.490 e. The molecule has 2 heterocycles. The third kappa shape index (κ3) is 2.64. The number of fused-ring (bicyclic) bond motifs is 1. The van der Waals surface area contributed by atoms with E-state index in [-0.39, 0.29) is 11.6 Å². The number of H-pyrrole nitrogens is 1. The summed E-state index contributed by atoms with van der Waals surface area (Å²) in [5.74, 6) is 0.632. The van der Waals surface area contributed by atoms with E-state index < -0.39 is 5.97 Å². The Kier molecular flexibility index (Phi) is 3.75. The van der Waals surface area contributed by atoms with E-state index in [1.807, 2.05) is 12.1 Å². The zero-order valence-electron chi connectivity index (χ0n) is 12.5. The van der Waals surface area contributed by atoms with Crippen LogP contribution in [-0.2, 0) is 0 Å². The van der Waals surface area contributed by atoms with Crippen molar-refractivity contribution in [2.75, 3.05) is 13.2 Å². The highest BCUT2D eigenvalue weighted by molar-refractivity contribution is 5.87. The maximum absolute atomic E-state index is 11.0. The van der Waals surface area contributed by atoms with Crippen LogP contribution in [0.5, 0.6) is 11.5 Å². The molecule has 2 N–H and O–H groups in total. The summed E-state index contributed by atoms with van der Waals surface area (Å²) in [7, 11) is 0. The van der Waals surface area contributed by atoms with Gasteiger partial charge >= 0.3 is 5.97 Å². The average molecular weight is 302 g/mol. The zero-order valence-corrected chi connectivity index (χ0v) is 12.5. The van der Waals surface area contributed by atoms with Crippen LogP contribution >= 0.6 is 0 Å². The molecule has 0 aliphatic carbocycles. The monoisotopic (exact) mass is 302 g/mol. The molecule has 1 aliphatic rings. The summed E-state index contributed by atoms with van der Waals surface area (Å²) < 4.78 is 11.4. The zero-order chi connectivity index (χ0) is 15.7. The molecule has 0 spiro atoms. The van der Waals surface area contributed by atoms with Crippen molar-refractivity contribution < 1.29 is 19.4 Å². The van der Waals surface area contributed by atoms with Crippen LogP contribution in [0.3, 0.4) is 0 Å². The summed E-state index contributed by atoms with van der Waals surface area (Å²) in [4.78, 5) is 11.0. The molecule has 1 aliphatic heterocycles. The average Bonchev–Trinajstić information content (AvgIpc) is 2.86. The molecule has 22 heavy (non-hydrogen) atoms. The Morgan fingerprint density at radius 1 is 1.23 bits per heavy atom. The molecular weight excluding hydrogens is 284 g/mol. The predicted molar refractivity (Wildman–Crippen MR) is 80.7 cm³/mol. The summed E-state index contributed by atoms with van der Waals surface area (Å²) in [6.07, 6.45) is 0.840. The highest BCUT2D eigenvalue weighted by atomic mass is 16.5. The molecular formula is C16H18N2O4. The number of aromatic carboxylic acids is 1. The number of aromatic amines is 1. The van der Waals surface area contributed by atoms with Crippen LogP contribution < -0.4 is 9.47 Å². The van der Waals surface area contributed by atoms with Gasteiger partial charge in [0.25, 0.3) is 0 Å². The van der Waals surface area contributed by atoms with Crippen LogP contribution in [0.2, 0.25) is 0 Å². The van der Waals surface area contributed by atoms with E-state index in [0.29, 0.717) is 24.7 Å². The largest absolute Gasteiger partial charge is 0.490 e. The highest BCUT2D eigenvalue weighted by Crippen LogP contribution is 2.39. The topological polar surface area (TPSA) is 84.4 Å². The van der Waals surface area contributed by atoms with Gasteiger partial charge in [-0.3, -0.25) is 5.10 Å². The van der Waals surface area contributed by atoms with Gasteiger partial charge in [0, 0.05) is 12.0 Å². The van der Waals surface area contributed by atoms with Gasteiger partial charge in [0.15, 0.2) is 11.5 Å². The van der Waals surface area contributed by atoms with E-state index in [2.05, 4.69) is 24.0 Å². The molecule has 0 bridgehead atoms. The van der Waals surface area contributed by atoms with Crippen LogP contribution in [0.25, 0.3) is 11.3 Å². The fourth-order valence-electron chi connectivity index (χ4n) is 2.49. The summed E-state index contributed by atoms with van der Waals surface area (Å²) in [6, 6.07) is 5.39. The van der Waals surface area contributed by atoms with Crippen molar-refractivity contribution in [1.29, 1.82) is 0 Å². The van der Waals surface area contributed by atoms with Gasteiger partial charge < -0.3 is 14.6 Å². The van der Waals surface area contributed by atoms with Gasteiger partial charge in [0.1, 0.15) is 5.69 Å². The summed E-state index contributed by atoms with van der Waals surface area (Å²) in [5.41, 5.74) is 2.57. The summed E-state index contributed by atoms with van der Waals surface area (Å²) in [6.45, 7) is 5.39. The van der Waals surface area contributed by atoms with Gasteiger partial charge in [0.05, 0.1) is 18.9 Å². The Balaban J connectivity index is 2.11. The van der Waals surface area contributed by atoms with E-state index in [1.165, 1.54) is 6.07 Å². The second-order valence-corrected chi connectivity index (χ2v) is 5.56. The fourth-order valence-corrected chi connectivity index (χ4v) is 2.49. The number of carboxylic acid groups (broad SMARTS) is 1. The number of hydrogen-bond acceptors (Lipinski definition) is 4. The van der Waals surface area contributed by atoms with Crippen molar-refractivity contribution in [2.24, 2.45) is 0 Å². The number of carboxylic acids is 1. The SMILES string of the molecule is CC(C)c1cc2c(cc1-c1cc(C(=O)O)[nH]n1)OCCCO2. The predicted octanol–water partition coefficient (Wildman–Crippen LogP) is 3.06. The minimum atomic E-state index is -1.03.